The minimum absolute atomic E-state index is 0.329. The molecule has 1 aromatic rings. The van der Waals surface area contributed by atoms with Crippen LogP contribution in [0.15, 0.2) is 18.2 Å². The molecule has 14 heavy (non-hydrogen) atoms. The van der Waals surface area contributed by atoms with Gasteiger partial charge in [-0.2, -0.15) is 0 Å². The number of nitrogens with zero attached hydrogens (tertiary/aromatic N) is 1. The quantitative estimate of drug-likeness (QED) is 0.570. The van der Waals surface area contributed by atoms with Gasteiger partial charge in [-0.05, 0) is 24.1 Å². The molecule has 0 saturated heterocycles. The van der Waals surface area contributed by atoms with Crippen molar-refractivity contribution in [3.63, 3.8) is 0 Å². The largest absolute Gasteiger partial charge is 0.454 e. The fourth-order valence-corrected chi connectivity index (χ4v) is 1.40. The maximum atomic E-state index is 5.53. The van der Waals surface area contributed by atoms with Crippen LogP contribution in [-0.2, 0) is 6.42 Å². The lowest BCUT2D eigenvalue weighted by molar-refractivity contribution is 0.174. The van der Waals surface area contributed by atoms with E-state index in [9.17, 15) is 0 Å². The lowest BCUT2D eigenvalue weighted by Crippen LogP contribution is -2.28. The van der Waals surface area contributed by atoms with Gasteiger partial charge in [-0.3, -0.25) is 5.84 Å². The van der Waals surface area contributed by atoms with Crippen molar-refractivity contribution < 1.29 is 9.47 Å². The second-order valence-electron chi connectivity index (χ2n) is 3.42. The van der Waals surface area contributed by atoms with Crippen LogP contribution in [0.4, 0.5) is 0 Å². The SMILES string of the molecule is CN(N)CCc1ccc2c(c1)OCO2. The maximum absolute atomic E-state index is 5.53. The average Bonchev–Trinajstić information content (AvgIpc) is 2.61. The Hall–Kier alpha value is -1.26. The zero-order valence-electron chi connectivity index (χ0n) is 8.19. The van der Waals surface area contributed by atoms with Gasteiger partial charge >= 0.3 is 0 Å². The molecule has 0 amide bonds. The topological polar surface area (TPSA) is 47.7 Å². The van der Waals surface area contributed by atoms with Crippen LogP contribution in [0.1, 0.15) is 5.56 Å². The predicted molar refractivity (Wildman–Crippen MR) is 53.1 cm³/mol. The molecule has 0 radical (unpaired) electrons. The summed E-state index contributed by atoms with van der Waals surface area (Å²) in [5.41, 5.74) is 1.21. The number of likely N-dealkylation sites (N-methyl/N-ethyl adjacent to an activating group) is 1. The number of hydrogen-bond acceptors (Lipinski definition) is 4. The maximum Gasteiger partial charge on any atom is 0.231 e. The Morgan fingerprint density at radius 3 is 2.93 bits per heavy atom. The van der Waals surface area contributed by atoms with E-state index in [1.807, 2.05) is 25.2 Å². The van der Waals surface area contributed by atoms with Crippen LogP contribution in [0.25, 0.3) is 0 Å². The molecule has 0 fully saturated rings. The molecule has 1 aliphatic rings. The second kappa shape index (κ2) is 3.86. The monoisotopic (exact) mass is 194 g/mol. The third-order valence-electron chi connectivity index (χ3n) is 2.19. The first-order chi connectivity index (χ1) is 6.75. The average molecular weight is 194 g/mol. The summed E-state index contributed by atoms with van der Waals surface area (Å²) < 4.78 is 10.5. The summed E-state index contributed by atoms with van der Waals surface area (Å²) in [4.78, 5) is 0. The molecule has 1 heterocycles. The zero-order chi connectivity index (χ0) is 9.97. The Morgan fingerprint density at radius 2 is 2.14 bits per heavy atom. The molecule has 0 aliphatic carbocycles. The van der Waals surface area contributed by atoms with Crippen LogP contribution in [-0.4, -0.2) is 25.4 Å². The second-order valence-corrected chi connectivity index (χ2v) is 3.42. The fraction of sp³-hybridized carbons (Fsp3) is 0.400. The van der Waals surface area contributed by atoms with Gasteiger partial charge in [0.2, 0.25) is 6.79 Å². The summed E-state index contributed by atoms with van der Waals surface area (Å²) in [6, 6.07) is 5.98. The standard InChI is InChI=1S/C10H14N2O2/c1-12(11)5-4-8-2-3-9-10(6-8)14-7-13-9/h2-3,6H,4-5,7,11H2,1H3. The Labute approximate surface area is 83.2 Å². The normalized spacial score (nSPS) is 13.6. The van der Waals surface area contributed by atoms with E-state index < -0.39 is 0 Å². The molecule has 1 aromatic carbocycles. The van der Waals surface area contributed by atoms with Crippen molar-refractivity contribution >= 4 is 0 Å². The van der Waals surface area contributed by atoms with Crippen LogP contribution in [0.5, 0.6) is 11.5 Å². The number of hydrogen-bond donors (Lipinski definition) is 1. The number of hydrazine groups is 1. The summed E-state index contributed by atoms with van der Waals surface area (Å²) in [7, 11) is 1.85. The highest BCUT2D eigenvalue weighted by molar-refractivity contribution is 5.44. The predicted octanol–water partition coefficient (Wildman–Crippen LogP) is 0.763. The Morgan fingerprint density at radius 1 is 1.36 bits per heavy atom. The van der Waals surface area contributed by atoms with E-state index in [0.29, 0.717) is 6.79 Å². The van der Waals surface area contributed by atoms with E-state index >= 15 is 0 Å². The third kappa shape index (κ3) is 1.97. The van der Waals surface area contributed by atoms with Gasteiger partial charge in [0.25, 0.3) is 0 Å². The first-order valence-corrected chi connectivity index (χ1v) is 4.60. The van der Waals surface area contributed by atoms with Gasteiger partial charge in [-0.15, -0.1) is 0 Å². The molecule has 4 heteroatoms. The summed E-state index contributed by atoms with van der Waals surface area (Å²) in [5, 5.41) is 1.67. The Kier molecular flexibility index (Phi) is 2.56. The van der Waals surface area contributed by atoms with Gasteiger partial charge < -0.3 is 9.47 Å². The van der Waals surface area contributed by atoms with Crippen molar-refractivity contribution in [3.8, 4) is 11.5 Å². The number of fused-ring (bicyclic) bond motifs is 1. The number of benzene rings is 1. The highest BCUT2D eigenvalue weighted by atomic mass is 16.7. The van der Waals surface area contributed by atoms with Crippen molar-refractivity contribution in [2.24, 2.45) is 5.84 Å². The smallest absolute Gasteiger partial charge is 0.231 e. The van der Waals surface area contributed by atoms with Gasteiger partial charge in [0.05, 0.1) is 0 Å². The zero-order valence-corrected chi connectivity index (χ0v) is 8.19. The molecule has 0 aromatic heterocycles. The summed E-state index contributed by atoms with van der Waals surface area (Å²) >= 11 is 0. The number of nitrogens with two attached hydrogens (primary N) is 1. The van der Waals surface area contributed by atoms with Crippen LogP contribution < -0.4 is 15.3 Å². The minimum Gasteiger partial charge on any atom is -0.454 e. The van der Waals surface area contributed by atoms with E-state index in [-0.39, 0.29) is 0 Å². The van der Waals surface area contributed by atoms with Gasteiger partial charge in [-0.1, -0.05) is 6.07 Å². The molecule has 0 saturated carbocycles. The molecule has 0 bridgehead atoms. The lowest BCUT2D eigenvalue weighted by atomic mass is 10.1. The van der Waals surface area contributed by atoms with Gasteiger partial charge in [0, 0.05) is 13.6 Å². The van der Waals surface area contributed by atoms with E-state index in [2.05, 4.69) is 0 Å². The molecule has 1 aliphatic heterocycles. The molecule has 0 spiro atoms. The molecule has 76 valence electrons. The molecule has 0 atom stereocenters. The van der Waals surface area contributed by atoms with Crippen LogP contribution in [0.2, 0.25) is 0 Å². The molecule has 2 N–H and O–H groups in total. The Balaban J connectivity index is 2.05. The highest BCUT2D eigenvalue weighted by Gasteiger charge is 2.12. The van der Waals surface area contributed by atoms with Crippen molar-refractivity contribution in [3.05, 3.63) is 23.8 Å². The van der Waals surface area contributed by atoms with E-state index in [4.69, 9.17) is 15.3 Å². The third-order valence-corrected chi connectivity index (χ3v) is 2.19. The fourth-order valence-electron chi connectivity index (χ4n) is 1.40. The summed E-state index contributed by atoms with van der Waals surface area (Å²) in [6.45, 7) is 1.16. The van der Waals surface area contributed by atoms with Gasteiger partial charge in [0.15, 0.2) is 11.5 Å². The van der Waals surface area contributed by atoms with E-state index in [1.165, 1.54) is 5.56 Å². The highest BCUT2D eigenvalue weighted by Crippen LogP contribution is 2.32. The summed E-state index contributed by atoms with van der Waals surface area (Å²) in [6.07, 6.45) is 0.920. The molecular formula is C10H14N2O2. The van der Waals surface area contributed by atoms with E-state index in [1.54, 1.807) is 5.01 Å². The van der Waals surface area contributed by atoms with Crippen LogP contribution in [0, 0.1) is 0 Å². The molecule has 4 nitrogen and oxygen atoms in total. The first-order valence-electron chi connectivity index (χ1n) is 4.60. The van der Waals surface area contributed by atoms with Crippen molar-refractivity contribution in [2.45, 2.75) is 6.42 Å². The van der Waals surface area contributed by atoms with Crippen LogP contribution >= 0.6 is 0 Å². The number of ether oxygens (including phenoxy) is 2. The van der Waals surface area contributed by atoms with Crippen molar-refractivity contribution in [2.75, 3.05) is 20.4 Å². The first kappa shape index (κ1) is 9.30. The Bertz CT molecular complexity index is 326. The molecule has 0 unspecified atom stereocenters. The molecular weight excluding hydrogens is 180 g/mol. The van der Waals surface area contributed by atoms with Crippen molar-refractivity contribution in [1.82, 2.24) is 5.01 Å². The lowest BCUT2D eigenvalue weighted by Gasteiger charge is -2.09. The molecule has 2 rings (SSSR count). The van der Waals surface area contributed by atoms with Gasteiger partial charge in [-0.25, -0.2) is 5.01 Å². The minimum atomic E-state index is 0.329. The van der Waals surface area contributed by atoms with Crippen molar-refractivity contribution in [1.29, 1.82) is 0 Å². The van der Waals surface area contributed by atoms with Crippen LogP contribution in [0.3, 0.4) is 0 Å². The number of rotatable bonds is 3. The van der Waals surface area contributed by atoms with Gasteiger partial charge in [0.1, 0.15) is 0 Å². The summed E-state index contributed by atoms with van der Waals surface area (Å²) in [5.74, 6) is 7.19. The van der Waals surface area contributed by atoms with E-state index in [0.717, 1.165) is 24.5 Å².